The van der Waals surface area contributed by atoms with Gasteiger partial charge in [-0.2, -0.15) is 0 Å². The number of benzene rings is 2. The fourth-order valence-corrected chi connectivity index (χ4v) is 2.77. The van der Waals surface area contributed by atoms with Crippen LogP contribution in [0.3, 0.4) is 0 Å². The fourth-order valence-electron chi connectivity index (χ4n) is 2.62. The van der Waals surface area contributed by atoms with Crippen molar-refractivity contribution >= 4 is 29.2 Å². The van der Waals surface area contributed by atoms with Crippen LogP contribution in [0.25, 0.3) is 0 Å². The van der Waals surface area contributed by atoms with Gasteiger partial charge in [0, 0.05) is 17.5 Å². The number of carbonyl (C=O) groups is 2. The van der Waals surface area contributed by atoms with E-state index in [0.717, 1.165) is 11.1 Å². The highest BCUT2D eigenvalue weighted by atomic mass is 35.5. The molecule has 0 saturated heterocycles. The molecule has 0 fully saturated rings. The summed E-state index contributed by atoms with van der Waals surface area (Å²) < 4.78 is 15.7. The molecule has 0 saturated carbocycles. The Morgan fingerprint density at radius 1 is 1.11 bits per heavy atom. The zero-order valence-corrected chi connectivity index (χ0v) is 17.1. The van der Waals surface area contributed by atoms with Crippen LogP contribution in [0.15, 0.2) is 36.4 Å². The number of aryl methyl sites for hydroxylation is 2. The number of esters is 1. The van der Waals surface area contributed by atoms with Crippen LogP contribution in [-0.4, -0.2) is 32.2 Å². The van der Waals surface area contributed by atoms with Gasteiger partial charge in [0.05, 0.1) is 19.9 Å². The van der Waals surface area contributed by atoms with E-state index in [1.807, 2.05) is 31.2 Å². The molecule has 2 rings (SSSR count). The molecule has 6 nitrogen and oxygen atoms in total. The molecule has 0 aliphatic rings. The summed E-state index contributed by atoms with van der Waals surface area (Å²) in [5.41, 5.74) is 2.16. The van der Waals surface area contributed by atoms with Crippen LogP contribution in [-0.2, 0) is 20.7 Å². The first-order chi connectivity index (χ1) is 13.3. The highest BCUT2D eigenvalue weighted by Crippen LogP contribution is 2.31. The maximum absolute atomic E-state index is 12.4. The third-order valence-electron chi connectivity index (χ3n) is 4.21. The summed E-state index contributed by atoms with van der Waals surface area (Å²) in [6.07, 6.45) is -0.353. The Morgan fingerprint density at radius 2 is 1.79 bits per heavy atom. The van der Waals surface area contributed by atoms with E-state index in [-0.39, 0.29) is 6.42 Å². The van der Waals surface area contributed by atoms with Gasteiger partial charge in [-0.05, 0) is 43.5 Å². The van der Waals surface area contributed by atoms with Crippen molar-refractivity contribution in [3.8, 4) is 11.5 Å². The molecule has 2 aromatic rings. The summed E-state index contributed by atoms with van der Waals surface area (Å²) in [4.78, 5) is 24.5. The van der Waals surface area contributed by atoms with E-state index >= 15 is 0 Å². The molecule has 0 spiro atoms. The van der Waals surface area contributed by atoms with Gasteiger partial charge in [-0.15, -0.1) is 0 Å². The molecule has 1 amide bonds. The Morgan fingerprint density at radius 3 is 2.46 bits per heavy atom. The lowest BCUT2D eigenvalue weighted by Gasteiger charge is -2.16. The average Bonchev–Trinajstić information content (AvgIpc) is 2.68. The number of rotatable bonds is 8. The lowest BCUT2D eigenvalue weighted by atomic mass is 10.1. The van der Waals surface area contributed by atoms with Crippen LogP contribution in [0.1, 0.15) is 24.5 Å². The number of nitrogens with one attached hydrogen (secondary N) is 1. The Hall–Kier alpha value is -2.73. The quantitative estimate of drug-likeness (QED) is 0.667. The van der Waals surface area contributed by atoms with Gasteiger partial charge in [0.1, 0.15) is 11.5 Å². The Bertz CT molecular complexity index is 853. The normalized spacial score (nSPS) is 11.5. The second-order valence-corrected chi connectivity index (χ2v) is 6.64. The third kappa shape index (κ3) is 5.63. The molecule has 0 bridgehead atoms. The minimum atomic E-state index is -0.953. The molecule has 7 heteroatoms. The van der Waals surface area contributed by atoms with Crippen LogP contribution < -0.4 is 14.8 Å². The van der Waals surface area contributed by atoms with Crippen molar-refractivity contribution in [3.63, 3.8) is 0 Å². The number of carbonyl (C=O) groups excluding carboxylic acids is 2. The number of ether oxygens (including phenoxy) is 3. The smallest absolute Gasteiger partial charge is 0.306 e. The van der Waals surface area contributed by atoms with Crippen LogP contribution in [0.5, 0.6) is 11.5 Å². The lowest BCUT2D eigenvalue weighted by Crippen LogP contribution is -2.30. The van der Waals surface area contributed by atoms with Gasteiger partial charge in [-0.25, -0.2) is 0 Å². The molecule has 150 valence electrons. The summed E-state index contributed by atoms with van der Waals surface area (Å²) in [5.74, 6) is 0.225. The predicted octanol–water partition coefficient (Wildman–Crippen LogP) is 4.17. The molecule has 0 aliphatic carbocycles. The third-order valence-corrected chi connectivity index (χ3v) is 4.61. The van der Waals surface area contributed by atoms with Crippen LogP contribution >= 0.6 is 11.6 Å². The van der Waals surface area contributed by atoms with E-state index < -0.39 is 18.0 Å². The van der Waals surface area contributed by atoms with E-state index in [9.17, 15) is 9.59 Å². The lowest BCUT2D eigenvalue weighted by molar-refractivity contribution is -0.153. The highest BCUT2D eigenvalue weighted by molar-refractivity contribution is 6.31. The number of hydrogen-bond donors (Lipinski definition) is 1. The van der Waals surface area contributed by atoms with E-state index in [2.05, 4.69) is 5.32 Å². The molecular formula is C21H24ClNO5. The summed E-state index contributed by atoms with van der Waals surface area (Å²) in [7, 11) is 3.06. The van der Waals surface area contributed by atoms with Gasteiger partial charge in [-0.3, -0.25) is 9.59 Å². The molecule has 1 N–H and O–H groups in total. The molecule has 28 heavy (non-hydrogen) atoms. The summed E-state index contributed by atoms with van der Waals surface area (Å²) >= 11 is 6.07. The topological polar surface area (TPSA) is 73.9 Å². The SMILES string of the molecule is COc1ccccc1CCC(=O)OC(C)C(=O)Nc1cc(C)c(Cl)cc1OC. The molecule has 1 unspecified atom stereocenters. The van der Waals surface area contributed by atoms with Crippen LogP contribution in [0, 0.1) is 6.92 Å². The molecule has 0 radical (unpaired) electrons. The second kappa shape index (κ2) is 9.99. The summed E-state index contributed by atoms with van der Waals surface area (Å²) in [5, 5.41) is 3.24. The van der Waals surface area contributed by atoms with Gasteiger partial charge in [0.2, 0.25) is 0 Å². The van der Waals surface area contributed by atoms with Crippen molar-refractivity contribution in [2.45, 2.75) is 32.8 Å². The van der Waals surface area contributed by atoms with Crippen molar-refractivity contribution in [2.24, 2.45) is 0 Å². The van der Waals surface area contributed by atoms with E-state index in [4.69, 9.17) is 25.8 Å². The van der Waals surface area contributed by atoms with E-state index in [1.165, 1.54) is 14.0 Å². The van der Waals surface area contributed by atoms with Gasteiger partial charge in [-0.1, -0.05) is 29.8 Å². The van der Waals surface area contributed by atoms with Crippen molar-refractivity contribution in [2.75, 3.05) is 19.5 Å². The number of para-hydroxylation sites is 1. The number of amides is 1. The average molecular weight is 406 g/mol. The number of methoxy groups -OCH3 is 2. The standard InChI is InChI=1S/C21H24ClNO5/c1-13-11-17(19(27-4)12-16(13)22)23-21(25)14(2)28-20(24)10-9-15-7-5-6-8-18(15)26-3/h5-8,11-12,14H,9-10H2,1-4H3,(H,23,25). The fraction of sp³-hybridized carbons (Fsp3) is 0.333. The zero-order chi connectivity index (χ0) is 20.7. The van der Waals surface area contributed by atoms with Crippen LogP contribution in [0.4, 0.5) is 5.69 Å². The van der Waals surface area contributed by atoms with Crippen molar-refractivity contribution in [3.05, 3.63) is 52.5 Å². The zero-order valence-electron chi connectivity index (χ0n) is 16.4. The minimum Gasteiger partial charge on any atom is -0.496 e. The molecule has 0 heterocycles. The maximum atomic E-state index is 12.4. The van der Waals surface area contributed by atoms with Crippen molar-refractivity contribution in [1.82, 2.24) is 0 Å². The summed E-state index contributed by atoms with van der Waals surface area (Å²) in [6.45, 7) is 3.34. The molecule has 2 aromatic carbocycles. The number of hydrogen-bond acceptors (Lipinski definition) is 5. The molecule has 0 aliphatic heterocycles. The maximum Gasteiger partial charge on any atom is 0.306 e. The second-order valence-electron chi connectivity index (χ2n) is 6.23. The number of halogens is 1. The van der Waals surface area contributed by atoms with E-state index in [0.29, 0.717) is 28.6 Å². The molecular weight excluding hydrogens is 382 g/mol. The number of anilines is 1. The highest BCUT2D eigenvalue weighted by Gasteiger charge is 2.20. The first-order valence-electron chi connectivity index (χ1n) is 8.82. The van der Waals surface area contributed by atoms with Crippen LogP contribution in [0.2, 0.25) is 5.02 Å². The van der Waals surface area contributed by atoms with Gasteiger partial charge in [0.15, 0.2) is 6.10 Å². The van der Waals surface area contributed by atoms with Crippen molar-refractivity contribution in [1.29, 1.82) is 0 Å². The first kappa shape index (κ1) is 21.6. The molecule has 0 aromatic heterocycles. The Balaban J connectivity index is 1.93. The Labute approximate surface area is 169 Å². The van der Waals surface area contributed by atoms with Gasteiger partial charge in [0.25, 0.3) is 5.91 Å². The summed E-state index contributed by atoms with van der Waals surface area (Å²) in [6, 6.07) is 10.8. The predicted molar refractivity (Wildman–Crippen MR) is 108 cm³/mol. The molecule has 1 atom stereocenters. The van der Waals surface area contributed by atoms with Gasteiger partial charge >= 0.3 is 5.97 Å². The monoisotopic (exact) mass is 405 g/mol. The van der Waals surface area contributed by atoms with E-state index in [1.54, 1.807) is 19.2 Å². The first-order valence-corrected chi connectivity index (χ1v) is 9.19. The Kier molecular flexibility index (Phi) is 7.70. The van der Waals surface area contributed by atoms with Crippen molar-refractivity contribution < 1.29 is 23.8 Å². The van der Waals surface area contributed by atoms with Gasteiger partial charge < -0.3 is 19.5 Å². The largest absolute Gasteiger partial charge is 0.496 e. The minimum absolute atomic E-state index is 0.140.